The number of hydrogen-bond acceptors (Lipinski definition) is 3. The number of amides is 1. The summed E-state index contributed by atoms with van der Waals surface area (Å²) >= 11 is 0. The van der Waals surface area contributed by atoms with Crippen LogP contribution in [0, 0.1) is 0 Å². The topological polar surface area (TPSA) is 36.4 Å². The van der Waals surface area contributed by atoms with E-state index >= 15 is 0 Å². The van der Waals surface area contributed by atoms with Crippen LogP contribution in [0.25, 0.3) is 0 Å². The number of likely N-dealkylation sites (N-methyl/N-ethyl adjacent to an activating group) is 1. The second kappa shape index (κ2) is 5.96. The number of nitrogens with zero attached hydrogens (tertiary/aromatic N) is 3. The highest BCUT2D eigenvalue weighted by Gasteiger charge is 2.29. The number of rotatable bonds is 4. The second-order valence-electron chi connectivity index (χ2n) is 4.65. The van der Waals surface area contributed by atoms with Crippen molar-refractivity contribution in [2.24, 2.45) is 0 Å². The van der Waals surface area contributed by atoms with E-state index in [1.807, 2.05) is 4.90 Å². The van der Waals surface area contributed by atoms with Crippen LogP contribution in [0.5, 0.6) is 0 Å². The van der Waals surface area contributed by atoms with Crippen molar-refractivity contribution in [2.45, 2.75) is 26.3 Å². The summed E-state index contributed by atoms with van der Waals surface area (Å²) < 4.78 is 0. The average molecular weight is 247 g/mol. The molecule has 18 heavy (non-hydrogen) atoms. The summed E-state index contributed by atoms with van der Waals surface area (Å²) in [7, 11) is 0. The Kier molecular flexibility index (Phi) is 4.31. The van der Waals surface area contributed by atoms with Gasteiger partial charge in [0.05, 0.1) is 0 Å². The molecule has 0 N–H and O–H groups in total. The molecule has 1 aromatic heterocycles. The zero-order valence-corrected chi connectivity index (χ0v) is 11.2. The Bertz CT molecular complexity index is 389. The number of carbonyl (C=O) groups is 1. The first-order valence-electron chi connectivity index (χ1n) is 6.69. The van der Waals surface area contributed by atoms with Crippen LogP contribution in [0.1, 0.15) is 30.6 Å². The molecule has 1 atom stereocenters. The van der Waals surface area contributed by atoms with Crippen LogP contribution in [0.2, 0.25) is 0 Å². The average Bonchev–Trinajstić information content (AvgIpc) is 2.90. The lowest BCUT2D eigenvalue weighted by Gasteiger charge is -2.26. The van der Waals surface area contributed by atoms with Crippen LogP contribution >= 0.6 is 0 Å². The Balaban J connectivity index is 1.99. The molecule has 0 spiro atoms. The molecule has 1 aliphatic rings. The maximum absolute atomic E-state index is 12.3. The Hall–Kier alpha value is -1.42. The molecule has 0 aromatic carbocycles. The van der Waals surface area contributed by atoms with Crippen molar-refractivity contribution < 1.29 is 4.79 Å². The first-order chi connectivity index (χ1) is 8.76. The number of carbonyl (C=O) groups excluding carboxylic acids is 1. The predicted octanol–water partition coefficient (Wildman–Crippen LogP) is 1.64. The lowest BCUT2D eigenvalue weighted by molar-refractivity contribution is 0.0778. The van der Waals surface area contributed by atoms with E-state index in [-0.39, 0.29) is 5.91 Å². The third kappa shape index (κ3) is 2.70. The van der Waals surface area contributed by atoms with Crippen LogP contribution in [0.4, 0.5) is 0 Å². The summed E-state index contributed by atoms with van der Waals surface area (Å²) in [6.45, 7) is 8.18. The molecule has 1 aliphatic heterocycles. The van der Waals surface area contributed by atoms with Gasteiger partial charge in [0.2, 0.25) is 0 Å². The molecule has 0 bridgehead atoms. The monoisotopic (exact) mass is 247 g/mol. The standard InChI is InChI=1S/C14H21N3O/c1-3-16(4-2)13-7-10-17(11-13)14(18)12-5-8-15-9-6-12/h5-6,8-9,13H,3-4,7,10-11H2,1-2H3. The fourth-order valence-corrected chi connectivity index (χ4v) is 2.64. The van der Waals surface area contributed by atoms with Gasteiger partial charge in [-0.2, -0.15) is 0 Å². The van der Waals surface area contributed by atoms with Gasteiger partial charge in [0.1, 0.15) is 0 Å². The fourth-order valence-electron chi connectivity index (χ4n) is 2.64. The minimum absolute atomic E-state index is 0.132. The molecular formula is C14H21N3O. The van der Waals surface area contributed by atoms with Crippen LogP contribution in [0.15, 0.2) is 24.5 Å². The molecule has 2 heterocycles. The molecule has 1 fully saturated rings. The van der Waals surface area contributed by atoms with Crippen LogP contribution in [0.3, 0.4) is 0 Å². The van der Waals surface area contributed by atoms with Gasteiger partial charge < -0.3 is 4.90 Å². The normalized spacial score (nSPS) is 19.5. The largest absolute Gasteiger partial charge is 0.337 e. The van der Waals surface area contributed by atoms with E-state index in [2.05, 4.69) is 23.7 Å². The molecular weight excluding hydrogens is 226 g/mol. The molecule has 4 heteroatoms. The lowest BCUT2D eigenvalue weighted by Crippen LogP contribution is -2.38. The molecule has 1 saturated heterocycles. The van der Waals surface area contributed by atoms with Crippen molar-refractivity contribution in [3.63, 3.8) is 0 Å². The van der Waals surface area contributed by atoms with Crippen molar-refractivity contribution in [3.05, 3.63) is 30.1 Å². The van der Waals surface area contributed by atoms with Crippen molar-refractivity contribution in [1.82, 2.24) is 14.8 Å². The summed E-state index contributed by atoms with van der Waals surface area (Å²) in [5, 5.41) is 0. The summed E-state index contributed by atoms with van der Waals surface area (Å²) in [5.74, 6) is 0.132. The summed E-state index contributed by atoms with van der Waals surface area (Å²) in [6, 6.07) is 4.09. The molecule has 1 amide bonds. The lowest BCUT2D eigenvalue weighted by atomic mass is 10.2. The third-order valence-corrected chi connectivity index (χ3v) is 3.71. The van der Waals surface area contributed by atoms with Crippen molar-refractivity contribution in [2.75, 3.05) is 26.2 Å². The Morgan fingerprint density at radius 3 is 2.67 bits per heavy atom. The molecule has 1 unspecified atom stereocenters. The highest BCUT2D eigenvalue weighted by Crippen LogP contribution is 2.17. The van der Waals surface area contributed by atoms with Gasteiger partial charge in [-0.25, -0.2) is 0 Å². The highest BCUT2D eigenvalue weighted by molar-refractivity contribution is 5.94. The SMILES string of the molecule is CCN(CC)C1CCN(C(=O)c2ccncc2)C1. The van der Waals surface area contributed by atoms with E-state index in [1.54, 1.807) is 24.5 Å². The van der Waals surface area contributed by atoms with Gasteiger partial charge in [-0.3, -0.25) is 14.7 Å². The fraction of sp³-hybridized carbons (Fsp3) is 0.571. The van der Waals surface area contributed by atoms with E-state index in [9.17, 15) is 4.79 Å². The van der Waals surface area contributed by atoms with Crippen LogP contribution in [-0.2, 0) is 0 Å². The smallest absolute Gasteiger partial charge is 0.254 e. The Labute approximate surface area is 109 Å². The summed E-state index contributed by atoms with van der Waals surface area (Å²) in [5.41, 5.74) is 0.741. The molecule has 0 saturated carbocycles. The second-order valence-corrected chi connectivity index (χ2v) is 4.65. The maximum atomic E-state index is 12.3. The first-order valence-corrected chi connectivity index (χ1v) is 6.69. The van der Waals surface area contributed by atoms with Gasteiger partial charge in [-0.1, -0.05) is 13.8 Å². The Morgan fingerprint density at radius 1 is 1.39 bits per heavy atom. The molecule has 2 rings (SSSR count). The van der Waals surface area contributed by atoms with Gasteiger partial charge >= 0.3 is 0 Å². The number of pyridine rings is 1. The molecule has 4 nitrogen and oxygen atoms in total. The van der Waals surface area contributed by atoms with E-state index < -0.39 is 0 Å². The molecule has 0 aliphatic carbocycles. The Morgan fingerprint density at radius 2 is 2.06 bits per heavy atom. The molecule has 98 valence electrons. The predicted molar refractivity (Wildman–Crippen MR) is 71.5 cm³/mol. The molecule has 1 aromatic rings. The maximum Gasteiger partial charge on any atom is 0.254 e. The van der Waals surface area contributed by atoms with E-state index in [1.165, 1.54) is 0 Å². The first kappa shape index (κ1) is 13.0. The van der Waals surface area contributed by atoms with Crippen molar-refractivity contribution in [3.8, 4) is 0 Å². The quantitative estimate of drug-likeness (QED) is 0.811. The van der Waals surface area contributed by atoms with E-state index in [0.717, 1.165) is 38.2 Å². The minimum atomic E-state index is 0.132. The summed E-state index contributed by atoms with van der Waals surface area (Å²) in [6.07, 6.45) is 4.43. The van der Waals surface area contributed by atoms with Gasteiger partial charge in [0.25, 0.3) is 5.91 Å². The van der Waals surface area contributed by atoms with E-state index in [4.69, 9.17) is 0 Å². The zero-order chi connectivity index (χ0) is 13.0. The van der Waals surface area contributed by atoms with Gasteiger partial charge in [0, 0.05) is 37.1 Å². The van der Waals surface area contributed by atoms with Crippen molar-refractivity contribution >= 4 is 5.91 Å². The van der Waals surface area contributed by atoms with E-state index in [0.29, 0.717) is 6.04 Å². The van der Waals surface area contributed by atoms with Gasteiger partial charge in [-0.15, -0.1) is 0 Å². The van der Waals surface area contributed by atoms with Crippen LogP contribution < -0.4 is 0 Å². The summed E-state index contributed by atoms with van der Waals surface area (Å²) in [4.78, 5) is 20.6. The number of likely N-dealkylation sites (tertiary alicyclic amines) is 1. The van der Waals surface area contributed by atoms with Crippen LogP contribution in [-0.4, -0.2) is 52.9 Å². The highest BCUT2D eigenvalue weighted by atomic mass is 16.2. The third-order valence-electron chi connectivity index (χ3n) is 3.71. The zero-order valence-electron chi connectivity index (χ0n) is 11.2. The molecule has 0 radical (unpaired) electrons. The number of aromatic nitrogens is 1. The minimum Gasteiger partial charge on any atom is -0.337 e. The number of hydrogen-bond donors (Lipinski definition) is 0. The van der Waals surface area contributed by atoms with Gasteiger partial charge in [-0.05, 0) is 31.6 Å². The van der Waals surface area contributed by atoms with Crippen molar-refractivity contribution in [1.29, 1.82) is 0 Å². The van der Waals surface area contributed by atoms with Gasteiger partial charge in [0.15, 0.2) is 0 Å².